The molecule has 1 N–H and O–H groups in total. The molecule has 3 aromatic rings. The van der Waals surface area contributed by atoms with Gasteiger partial charge in [-0.3, -0.25) is 14.5 Å². The van der Waals surface area contributed by atoms with Crippen LogP contribution < -0.4 is 19.7 Å². The van der Waals surface area contributed by atoms with Crippen molar-refractivity contribution in [2.75, 3.05) is 25.7 Å². The Kier molecular flexibility index (Phi) is 8.99. The molecule has 10 nitrogen and oxygen atoms in total. The van der Waals surface area contributed by atoms with Gasteiger partial charge >= 0.3 is 0 Å². The van der Waals surface area contributed by atoms with Gasteiger partial charge in [0.15, 0.2) is 11.5 Å². The predicted octanol–water partition coefficient (Wildman–Crippen LogP) is 3.25. The fourth-order valence-electron chi connectivity index (χ4n) is 3.63. The van der Waals surface area contributed by atoms with E-state index in [-0.39, 0.29) is 18.4 Å². The summed E-state index contributed by atoms with van der Waals surface area (Å²) in [7, 11) is 3.05. The van der Waals surface area contributed by atoms with Gasteiger partial charge in [-0.25, -0.2) is 0 Å². The van der Waals surface area contributed by atoms with E-state index in [1.807, 2.05) is 31.2 Å². The normalized spacial score (nSPS) is 11.8. The SMILES string of the molecule is COc1ccc(N(C(=O)Cn2nnc(-c3ccc(C)cc3)n2)[C@H](C)C(=O)NCCC(C)C)cc1OC. The summed E-state index contributed by atoms with van der Waals surface area (Å²) < 4.78 is 10.7. The van der Waals surface area contributed by atoms with Crippen LogP contribution >= 0.6 is 0 Å². The number of nitrogens with zero attached hydrogens (tertiary/aromatic N) is 5. The second-order valence-corrected chi connectivity index (χ2v) is 8.96. The lowest BCUT2D eigenvalue weighted by molar-refractivity contribution is -0.126. The number of ether oxygens (including phenoxy) is 2. The minimum Gasteiger partial charge on any atom is -0.493 e. The van der Waals surface area contributed by atoms with Crippen LogP contribution in [0.1, 0.15) is 32.8 Å². The van der Waals surface area contributed by atoms with Gasteiger partial charge < -0.3 is 14.8 Å². The monoisotopic (exact) mass is 494 g/mol. The van der Waals surface area contributed by atoms with Gasteiger partial charge in [-0.1, -0.05) is 43.7 Å². The first-order valence-corrected chi connectivity index (χ1v) is 11.9. The summed E-state index contributed by atoms with van der Waals surface area (Å²) in [5, 5.41) is 15.4. The molecule has 0 bridgehead atoms. The van der Waals surface area contributed by atoms with Gasteiger partial charge in [0.25, 0.3) is 5.91 Å². The number of aryl methyl sites for hydroxylation is 1. The summed E-state index contributed by atoms with van der Waals surface area (Å²) in [6, 6.07) is 12.0. The zero-order valence-corrected chi connectivity index (χ0v) is 21.7. The Morgan fingerprint density at radius 3 is 2.36 bits per heavy atom. The second kappa shape index (κ2) is 12.1. The highest BCUT2D eigenvalue weighted by Gasteiger charge is 2.29. The molecule has 0 aliphatic carbocycles. The maximum Gasteiger partial charge on any atom is 0.251 e. The molecule has 0 aliphatic rings. The summed E-state index contributed by atoms with van der Waals surface area (Å²) in [5.74, 6) is 1.20. The highest BCUT2D eigenvalue weighted by molar-refractivity contribution is 6.00. The summed E-state index contributed by atoms with van der Waals surface area (Å²) in [6.45, 7) is 8.19. The number of carbonyl (C=O) groups excluding carboxylic acids is 2. The van der Waals surface area contributed by atoms with E-state index in [0.717, 1.165) is 17.5 Å². The molecule has 0 spiro atoms. The number of carbonyl (C=O) groups is 2. The minimum absolute atomic E-state index is 0.198. The Morgan fingerprint density at radius 2 is 1.72 bits per heavy atom. The molecule has 0 unspecified atom stereocenters. The molecule has 0 aliphatic heterocycles. The highest BCUT2D eigenvalue weighted by Crippen LogP contribution is 2.32. The molecular formula is C26H34N6O4. The number of benzene rings is 2. The molecule has 10 heteroatoms. The summed E-state index contributed by atoms with van der Waals surface area (Å²) in [5.41, 5.74) is 2.41. The predicted molar refractivity (Wildman–Crippen MR) is 137 cm³/mol. The summed E-state index contributed by atoms with van der Waals surface area (Å²) in [4.78, 5) is 29.2. The average Bonchev–Trinajstić information content (AvgIpc) is 3.32. The third-order valence-corrected chi connectivity index (χ3v) is 5.74. The summed E-state index contributed by atoms with van der Waals surface area (Å²) in [6.07, 6.45) is 0.841. The van der Waals surface area contributed by atoms with E-state index in [9.17, 15) is 9.59 Å². The van der Waals surface area contributed by atoms with E-state index in [2.05, 4.69) is 34.6 Å². The summed E-state index contributed by atoms with van der Waals surface area (Å²) >= 11 is 0. The van der Waals surface area contributed by atoms with Crippen molar-refractivity contribution in [2.45, 2.75) is 46.7 Å². The van der Waals surface area contributed by atoms with Gasteiger partial charge in [0, 0.05) is 23.9 Å². The number of anilines is 1. The molecule has 3 rings (SSSR count). The number of nitrogens with one attached hydrogen (secondary N) is 1. The highest BCUT2D eigenvalue weighted by atomic mass is 16.5. The first-order chi connectivity index (χ1) is 17.2. The number of methoxy groups -OCH3 is 2. The van der Waals surface area contributed by atoms with Gasteiger partial charge in [-0.2, -0.15) is 4.80 Å². The zero-order valence-electron chi connectivity index (χ0n) is 21.7. The number of hydrogen-bond donors (Lipinski definition) is 1. The lowest BCUT2D eigenvalue weighted by Crippen LogP contribution is -2.49. The van der Waals surface area contributed by atoms with E-state index in [1.165, 1.54) is 23.9 Å². The number of tetrazole rings is 1. The average molecular weight is 495 g/mol. The number of aromatic nitrogens is 4. The van der Waals surface area contributed by atoms with Crippen molar-refractivity contribution in [1.82, 2.24) is 25.5 Å². The lowest BCUT2D eigenvalue weighted by atomic mass is 10.1. The minimum atomic E-state index is -0.789. The standard InChI is InChI=1S/C26H34N6O4/c1-17(2)13-14-27-26(34)19(4)32(21-11-12-22(35-5)23(15-21)36-6)24(33)16-31-29-25(28-30-31)20-9-7-18(3)8-10-20/h7-12,15,17,19H,13-14,16H2,1-6H3,(H,27,34)/t19-/m1/s1. The van der Waals surface area contributed by atoms with Crippen LogP contribution in [0.25, 0.3) is 11.4 Å². The number of rotatable bonds is 11. The Balaban J connectivity index is 1.86. The molecule has 0 saturated carbocycles. The van der Waals surface area contributed by atoms with E-state index < -0.39 is 6.04 Å². The third kappa shape index (κ3) is 6.59. The number of amides is 2. The van der Waals surface area contributed by atoms with Gasteiger partial charge in [-0.05, 0) is 43.5 Å². The second-order valence-electron chi connectivity index (χ2n) is 8.96. The first-order valence-electron chi connectivity index (χ1n) is 11.9. The van der Waals surface area contributed by atoms with E-state index in [1.54, 1.807) is 25.1 Å². The fraction of sp³-hybridized carbons (Fsp3) is 0.423. The Hall–Kier alpha value is -3.95. The quantitative estimate of drug-likeness (QED) is 0.435. The molecule has 36 heavy (non-hydrogen) atoms. The van der Waals surface area contributed by atoms with Crippen molar-refractivity contribution in [3.63, 3.8) is 0 Å². The molecule has 2 amide bonds. The Labute approximate surface area is 211 Å². The largest absolute Gasteiger partial charge is 0.493 e. The van der Waals surface area contributed by atoms with Crippen LogP contribution in [0, 0.1) is 12.8 Å². The van der Waals surface area contributed by atoms with Crippen molar-refractivity contribution in [1.29, 1.82) is 0 Å². The number of hydrogen-bond acceptors (Lipinski definition) is 7. The molecule has 1 aromatic heterocycles. The molecular weight excluding hydrogens is 460 g/mol. The van der Waals surface area contributed by atoms with E-state index in [0.29, 0.717) is 35.5 Å². The molecule has 192 valence electrons. The zero-order chi connectivity index (χ0) is 26.2. The van der Waals surface area contributed by atoms with Crippen LogP contribution in [0.2, 0.25) is 0 Å². The van der Waals surface area contributed by atoms with Crippen molar-refractivity contribution in [3.8, 4) is 22.9 Å². The molecule has 0 radical (unpaired) electrons. The van der Waals surface area contributed by atoms with Crippen LogP contribution in [0.15, 0.2) is 42.5 Å². The van der Waals surface area contributed by atoms with E-state index in [4.69, 9.17) is 9.47 Å². The van der Waals surface area contributed by atoms with Crippen LogP contribution in [-0.2, 0) is 16.1 Å². The van der Waals surface area contributed by atoms with Crippen molar-refractivity contribution in [2.24, 2.45) is 5.92 Å². The van der Waals surface area contributed by atoms with Crippen molar-refractivity contribution < 1.29 is 19.1 Å². The van der Waals surface area contributed by atoms with E-state index >= 15 is 0 Å². The Morgan fingerprint density at radius 1 is 1.03 bits per heavy atom. The van der Waals surface area contributed by atoms with Crippen LogP contribution in [-0.4, -0.2) is 58.8 Å². The Bertz CT molecular complexity index is 1180. The smallest absolute Gasteiger partial charge is 0.251 e. The lowest BCUT2D eigenvalue weighted by Gasteiger charge is -2.29. The van der Waals surface area contributed by atoms with Crippen LogP contribution in [0.4, 0.5) is 5.69 Å². The van der Waals surface area contributed by atoms with Gasteiger partial charge in [-0.15, -0.1) is 10.2 Å². The first kappa shape index (κ1) is 26.7. The molecule has 2 aromatic carbocycles. The maximum atomic E-state index is 13.5. The molecule has 0 fully saturated rings. The maximum absolute atomic E-state index is 13.5. The third-order valence-electron chi connectivity index (χ3n) is 5.74. The van der Waals surface area contributed by atoms with Crippen LogP contribution in [0.3, 0.4) is 0 Å². The molecule has 0 saturated heterocycles. The van der Waals surface area contributed by atoms with Crippen LogP contribution in [0.5, 0.6) is 11.5 Å². The van der Waals surface area contributed by atoms with Crippen molar-refractivity contribution >= 4 is 17.5 Å². The topological polar surface area (TPSA) is 111 Å². The van der Waals surface area contributed by atoms with Gasteiger partial charge in [0.2, 0.25) is 11.7 Å². The van der Waals surface area contributed by atoms with Gasteiger partial charge in [0.1, 0.15) is 12.6 Å². The molecule has 1 heterocycles. The van der Waals surface area contributed by atoms with Crippen molar-refractivity contribution in [3.05, 3.63) is 48.0 Å². The molecule has 1 atom stereocenters. The fourth-order valence-corrected chi connectivity index (χ4v) is 3.63. The van der Waals surface area contributed by atoms with Gasteiger partial charge in [0.05, 0.1) is 14.2 Å².